The van der Waals surface area contributed by atoms with E-state index in [1.54, 1.807) is 6.21 Å². The van der Waals surface area contributed by atoms with Gasteiger partial charge >= 0.3 is 4.87 Å². The molecule has 0 saturated carbocycles. The second-order valence-electron chi connectivity index (χ2n) is 6.19. The van der Waals surface area contributed by atoms with Crippen LogP contribution in [-0.4, -0.2) is 16.3 Å². The first-order valence-corrected chi connectivity index (χ1v) is 9.37. The van der Waals surface area contributed by atoms with Crippen LogP contribution >= 0.6 is 11.3 Å². The highest BCUT2D eigenvalue weighted by Crippen LogP contribution is 2.27. The van der Waals surface area contributed by atoms with Crippen LogP contribution in [-0.2, 0) is 6.42 Å². The third-order valence-electron chi connectivity index (χ3n) is 4.50. The van der Waals surface area contributed by atoms with Gasteiger partial charge in [0, 0.05) is 11.4 Å². The molecule has 26 heavy (non-hydrogen) atoms. The third-order valence-corrected chi connectivity index (χ3v) is 5.43. The summed E-state index contributed by atoms with van der Waals surface area (Å²) in [5.41, 5.74) is 3.19. The molecule has 130 valence electrons. The average Bonchev–Trinajstić information content (AvgIpc) is 3.25. The maximum absolute atomic E-state index is 11.7. The Bertz CT molecular complexity index is 1140. The number of fused-ring (bicyclic) bond motifs is 1. The average molecular weight is 362 g/mol. The summed E-state index contributed by atoms with van der Waals surface area (Å²) < 4.78 is 0. The fraction of sp³-hybridized carbons (Fsp3) is 0.143. The van der Waals surface area contributed by atoms with E-state index in [4.69, 9.17) is 0 Å². The minimum Gasteiger partial charge on any atom is -0.493 e. The van der Waals surface area contributed by atoms with Gasteiger partial charge in [0.1, 0.15) is 0 Å². The fourth-order valence-electron chi connectivity index (χ4n) is 3.31. The highest BCUT2D eigenvalue weighted by atomic mass is 32.1. The number of hydrogen-bond donors (Lipinski definition) is 2. The maximum atomic E-state index is 11.7. The lowest BCUT2D eigenvalue weighted by Gasteiger charge is -2.08. The van der Waals surface area contributed by atoms with Gasteiger partial charge in [-0.2, -0.15) is 0 Å². The summed E-state index contributed by atoms with van der Waals surface area (Å²) >= 11 is 1.06. The van der Waals surface area contributed by atoms with E-state index in [9.17, 15) is 9.90 Å². The van der Waals surface area contributed by atoms with Gasteiger partial charge in [-0.15, -0.1) is 0 Å². The van der Waals surface area contributed by atoms with Crippen molar-refractivity contribution in [3.8, 4) is 5.88 Å². The minimum absolute atomic E-state index is 0.0498. The maximum Gasteiger partial charge on any atom is 0.307 e. The quantitative estimate of drug-likeness (QED) is 0.733. The molecule has 2 N–H and O–H groups in total. The van der Waals surface area contributed by atoms with Gasteiger partial charge in [0.25, 0.3) is 0 Å². The van der Waals surface area contributed by atoms with Crippen LogP contribution in [0.3, 0.4) is 0 Å². The van der Waals surface area contributed by atoms with Crippen molar-refractivity contribution in [3.05, 3.63) is 79.1 Å². The normalized spacial score (nSPS) is 13.4. The monoisotopic (exact) mass is 362 g/mol. The highest BCUT2D eigenvalue weighted by Gasteiger charge is 2.14. The Morgan fingerprint density at radius 3 is 2.73 bits per heavy atom. The fourth-order valence-corrected chi connectivity index (χ4v) is 4.12. The molecule has 4 nitrogen and oxygen atoms in total. The Morgan fingerprint density at radius 2 is 1.96 bits per heavy atom. The van der Waals surface area contributed by atoms with Crippen LogP contribution < -0.4 is 15.3 Å². The van der Waals surface area contributed by atoms with Crippen molar-refractivity contribution < 1.29 is 5.11 Å². The van der Waals surface area contributed by atoms with Gasteiger partial charge in [0.05, 0.1) is 10.6 Å². The van der Waals surface area contributed by atoms with Crippen LogP contribution in [0.1, 0.15) is 23.3 Å². The van der Waals surface area contributed by atoms with Crippen molar-refractivity contribution >= 4 is 34.9 Å². The Kier molecular flexibility index (Phi) is 4.54. The van der Waals surface area contributed by atoms with E-state index in [1.807, 2.05) is 42.5 Å². The molecule has 1 aliphatic rings. The summed E-state index contributed by atoms with van der Waals surface area (Å²) in [7, 11) is 0. The zero-order valence-corrected chi connectivity index (χ0v) is 14.9. The van der Waals surface area contributed by atoms with E-state index < -0.39 is 0 Å². The number of thiazole rings is 1. The van der Waals surface area contributed by atoms with E-state index in [-0.39, 0.29) is 10.8 Å². The molecule has 0 fully saturated rings. The molecule has 3 aromatic rings. The molecule has 1 aromatic heterocycles. The van der Waals surface area contributed by atoms with Crippen molar-refractivity contribution in [1.29, 1.82) is 0 Å². The summed E-state index contributed by atoms with van der Waals surface area (Å²) in [4.78, 5) is 19.0. The molecule has 0 unspecified atom stereocenters. The molecule has 0 atom stereocenters. The summed E-state index contributed by atoms with van der Waals surface area (Å²) in [6.45, 7) is 0. The van der Waals surface area contributed by atoms with Crippen LogP contribution in [0.25, 0.3) is 11.6 Å². The Labute approximate surface area is 154 Å². The van der Waals surface area contributed by atoms with Gasteiger partial charge in [-0.3, -0.25) is 14.8 Å². The standard InChI is InChI=1S/C21H18N2O2S/c24-20-19(26-21(25)23-20)17(10-4-8-14-6-2-1-3-7-14)15-9-5-11-18-16(15)12-13-22-18/h1-3,5-7,9,11-13,24H,4,8,10H2,(H,23,25). The lowest BCUT2D eigenvalue weighted by Crippen LogP contribution is -2.26. The molecule has 0 saturated heterocycles. The van der Waals surface area contributed by atoms with E-state index in [1.165, 1.54) is 5.56 Å². The van der Waals surface area contributed by atoms with Crippen molar-refractivity contribution in [2.24, 2.45) is 4.99 Å². The number of H-pyrrole nitrogens is 1. The second-order valence-corrected chi connectivity index (χ2v) is 7.18. The van der Waals surface area contributed by atoms with Gasteiger partial charge in [0.15, 0.2) is 0 Å². The van der Waals surface area contributed by atoms with E-state index >= 15 is 0 Å². The van der Waals surface area contributed by atoms with Crippen LogP contribution in [0, 0.1) is 0 Å². The predicted molar refractivity (Wildman–Crippen MR) is 107 cm³/mol. The molecule has 4 rings (SSSR count). The number of nitrogens with zero attached hydrogens (tertiary/aromatic N) is 1. The van der Waals surface area contributed by atoms with Gasteiger partial charge in [-0.1, -0.05) is 53.8 Å². The number of aliphatic imine (C=N–C) groups is 1. The number of aromatic amines is 1. The van der Waals surface area contributed by atoms with Crippen LogP contribution in [0.15, 0.2) is 58.3 Å². The molecule has 0 bridgehead atoms. The molecular weight excluding hydrogens is 344 g/mol. The molecule has 2 aromatic carbocycles. The molecule has 1 aliphatic heterocycles. The molecule has 0 aliphatic carbocycles. The number of aromatic hydroxyl groups is 1. The number of hydrogen-bond acceptors (Lipinski definition) is 4. The Balaban J connectivity index is 1.77. The minimum atomic E-state index is -0.245. The lowest BCUT2D eigenvalue weighted by molar-refractivity contribution is 0.454. The van der Waals surface area contributed by atoms with E-state index in [0.717, 1.165) is 52.3 Å². The summed E-state index contributed by atoms with van der Waals surface area (Å²) in [5, 5.41) is 12.3. The predicted octanol–water partition coefficient (Wildman–Crippen LogP) is 2.86. The number of aryl methyl sites for hydroxylation is 1. The highest BCUT2D eigenvalue weighted by molar-refractivity contribution is 7.10. The van der Waals surface area contributed by atoms with Crippen LogP contribution in [0.4, 0.5) is 5.69 Å². The number of benzene rings is 2. The second kappa shape index (κ2) is 7.14. The number of rotatable bonds is 5. The van der Waals surface area contributed by atoms with Crippen molar-refractivity contribution in [3.63, 3.8) is 0 Å². The first-order chi connectivity index (χ1) is 12.7. The Hall–Kier alpha value is -2.92. The molecule has 0 radical (unpaired) electrons. The van der Waals surface area contributed by atoms with Crippen LogP contribution in [0.5, 0.6) is 5.88 Å². The number of nitrogens with one attached hydrogen (secondary N) is 1. The lowest BCUT2D eigenvalue weighted by atomic mass is 10.00. The van der Waals surface area contributed by atoms with Crippen molar-refractivity contribution in [1.82, 2.24) is 4.98 Å². The van der Waals surface area contributed by atoms with Crippen molar-refractivity contribution in [2.75, 3.05) is 0 Å². The first-order valence-electron chi connectivity index (χ1n) is 8.55. The van der Waals surface area contributed by atoms with E-state index in [0.29, 0.717) is 4.88 Å². The van der Waals surface area contributed by atoms with Gasteiger partial charge < -0.3 is 5.11 Å². The van der Waals surface area contributed by atoms with E-state index in [2.05, 4.69) is 22.1 Å². The van der Waals surface area contributed by atoms with Gasteiger partial charge in [-0.25, -0.2) is 0 Å². The third kappa shape index (κ3) is 3.26. The summed E-state index contributed by atoms with van der Waals surface area (Å²) in [6.07, 6.45) is 6.40. The van der Waals surface area contributed by atoms with Gasteiger partial charge in [0.2, 0.25) is 5.88 Å². The zero-order chi connectivity index (χ0) is 17.9. The topological polar surface area (TPSA) is 65.5 Å². The zero-order valence-electron chi connectivity index (χ0n) is 14.1. The molecule has 2 heterocycles. The van der Waals surface area contributed by atoms with Gasteiger partial charge in [-0.05, 0) is 47.8 Å². The molecular formula is C21H18N2O2S. The largest absolute Gasteiger partial charge is 0.493 e. The Morgan fingerprint density at radius 1 is 1.12 bits per heavy atom. The van der Waals surface area contributed by atoms with Crippen molar-refractivity contribution in [2.45, 2.75) is 19.3 Å². The molecule has 0 spiro atoms. The first kappa shape index (κ1) is 16.5. The number of aromatic nitrogens is 1. The molecule has 5 heteroatoms. The van der Waals surface area contributed by atoms with Crippen LogP contribution in [0.2, 0.25) is 0 Å². The summed E-state index contributed by atoms with van der Waals surface area (Å²) in [5.74, 6) is -0.0498. The summed E-state index contributed by atoms with van der Waals surface area (Å²) in [6, 6.07) is 16.3. The SMILES string of the molecule is O=c1[nH]c(O)c(C(CCCc2ccccc2)=c2cccc3c2=CC=N3)s1. The molecule has 0 amide bonds. The smallest absolute Gasteiger partial charge is 0.307 e.